The molecule has 0 aliphatic heterocycles. The number of nitrogens with one attached hydrogen (secondary N) is 1. The smallest absolute Gasteiger partial charge is 0.258 e. The van der Waals surface area contributed by atoms with E-state index in [1.54, 1.807) is 30.3 Å². The van der Waals surface area contributed by atoms with E-state index >= 15 is 0 Å². The first-order chi connectivity index (χ1) is 14.0. The van der Waals surface area contributed by atoms with Crippen LogP contribution in [0.4, 0.5) is 4.39 Å². The van der Waals surface area contributed by atoms with Crippen molar-refractivity contribution in [1.82, 2.24) is 5.32 Å². The number of rotatable bonds is 8. The quantitative estimate of drug-likeness (QED) is 0.557. The fraction of sp³-hybridized carbons (Fsp3) is 0.182. The molecule has 7 heteroatoms. The molecule has 0 aliphatic carbocycles. The highest BCUT2D eigenvalue weighted by atomic mass is 32.1. The van der Waals surface area contributed by atoms with Crippen molar-refractivity contribution < 1.29 is 23.5 Å². The molecule has 0 aliphatic rings. The Labute approximate surface area is 172 Å². The van der Waals surface area contributed by atoms with Crippen LogP contribution in [0.15, 0.2) is 60.0 Å². The van der Waals surface area contributed by atoms with Gasteiger partial charge in [-0.3, -0.25) is 9.59 Å². The van der Waals surface area contributed by atoms with Gasteiger partial charge in [0.1, 0.15) is 5.82 Å². The Bertz CT molecular complexity index is 987. The van der Waals surface area contributed by atoms with Crippen molar-refractivity contribution in [2.75, 3.05) is 13.7 Å². The summed E-state index contributed by atoms with van der Waals surface area (Å²) in [6, 6.07) is 14.2. The van der Waals surface area contributed by atoms with E-state index in [0.29, 0.717) is 17.1 Å². The molecule has 0 fully saturated rings. The first kappa shape index (κ1) is 20.5. The van der Waals surface area contributed by atoms with Crippen molar-refractivity contribution in [3.63, 3.8) is 0 Å². The number of amides is 1. The summed E-state index contributed by atoms with van der Waals surface area (Å²) < 4.78 is 24.1. The predicted molar refractivity (Wildman–Crippen MR) is 109 cm³/mol. The molecular formula is C22H20FNO4S. The highest BCUT2D eigenvalue weighted by Gasteiger charge is 2.19. The lowest BCUT2D eigenvalue weighted by Crippen LogP contribution is -2.33. The van der Waals surface area contributed by atoms with Gasteiger partial charge in [-0.15, -0.1) is 11.3 Å². The lowest BCUT2D eigenvalue weighted by Gasteiger charge is -2.19. The fourth-order valence-corrected chi connectivity index (χ4v) is 3.58. The van der Waals surface area contributed by atoms with Gasteiger partial charge in [0.15, 0.2) is 23.9 Å². The second-order valence-electron chi connectivity index (χ2n) is 6.28. The second-order valence-corrected chi connectivity index (χ2v) is 7.26. The van der Waals surface area contributed by atoms with E-state index in [1.807, 2.05) is 17.5 Å². The summed E-state index contributed by atoms with van der Waals surface area (Å²) in [5.74, 6) is -0.0357. The Morgan fingerprint density at radius 1 is 1.10 bits per heavy atom. The van der Waals surface area contributed by atoms with Crippen LogP contribution in [0.25, 0.3) is 0 Å². The van der Waals surface area contributed by atoms with Crippen molar-refractivity contribution in [2.45, 2.75) is 13.0 Å². The molecule has 0 unspecified atom stereocenters. The second kappa shape index (κ2) is 9.34. The van der Waals surface area contributed by atoms with E-state index in [0.717, 1.165) is 10.4 Å². The van der Waals surface area contributed by atoms with Crippen LogP contribution in [0.1, 0.15) is 33.8 Å². The zero-order valence-electron chi connectivity index (χ0n) is 16.0. The van der Waals surface area contributed by atoms with Crippen LogP contribution in [0.2, 0.25) is 0 Å². The Morgan fingerprint density at radius 3 is 2.48 bits per heavy atom. The molecule has 29 heavy (non-hydrogen) atoms. The summed E-state index contributed by atoms with van der Waals surface area (Å²) in [4.78, 5) is 25.0. The van der Waals surface area contributed by atoms with Crippen LogP contribution in [0, 0.1) is 5.82 Å². The van der Waals surface area contributed by atoms with Crippen LogP contribution in [-0.4, -0.2) is 25.4 Å². The van der Waals surface area contributed by atoms with E-state index in [9.17, 15) is 14.0 Å². The number of carbonyl (C=O) groups is 2. The van der Waals surface area contributed by atoms with E-state index < -0.39 is 6.04 Å². The largest absolute Gasteiger partial charge is 0.493 e. The Hall–Kier alpha value is -3.19. The summed E-state index contributed by atoms with van der Waals surface area (Å²) >= 11 is 1.50. The van der Waals surface area contributed by atoms with Crippen LogP contribution in [0.5, 0.6) is 11.5 Å². The SMILES string of the molecule is COc1cc(C(C)=O)ccc1OCC(=O)N[C@@H](c1ccc(F)cc1)c1cccs1. The number of halogens is 1. The average Bonchev–Trinajstić information content (AvgIpc) is 3.25. The first-order valence-electron chi connectivity index (χ1n) is 8.88. The van der Waals surface area contributed by atoms with Crippen LogP contribution >= 0.6 is 11.3 Å². The van der Waals surface area contributed by atoms with Gasteiger partial charge in [-0.1, -0.05) is 18.2 Å². The maximum absolute atomic E-state index is 13.3. The van der Waals surface area contributed by atoms with Crippen molar-refractivity contribution in [3.05, 3.63) is 81.8 Å². The number of ether oxygens (including phenoxy) is 2. The molecule has 3 rings (SSSR count). The van der Waals surface area contributed by atoms with Gasteiger partial charge < -0.3 is 14.8 Å². The van der Waals surface area contributed by atoms with Gasteiger partial charge in [0.2, 0.25) is 0 Å². The highest BCUT2D eigenvalue weighted by Crippen LogP contribution is 2.29. The summed E-state index contributed by atoms with van der Waals surface area (Å²) in [6.45, 7) is 1.22. The van der Waals surface area contributed by atoms with Crippen molar-refractivity contribution in [1.29, 1.82) is 0 Å². The molecule has 0 saturated carbocycles. The molecule has 5 nitrogen and oxygen atoms in total. The molecule has 1 heterocycles. The number of Topliss-reactive ketones (excluding diaryl/α,β-unsaturated/α-hetero) is 1. The summed E-state index contributed by atoms with van der Waals surface area (Å²) in [5, 5.41) is 4.83. The van der Waals surface area contributed by atoms with Gasteiger partial charge in [0.25, 0.3) is 5.91 Å². The lowest BCUT2D eigenvalue weighted by molar-refractivity contribution is -0.123. The first-order valence-corrected chi connectivity index (χ1v) is 9.76. The number of hydrogen-bond donors (Lipinski definition) is 1. The molecular weight excluding hydrogens is 393 g/mol. The van der Waals surface area contributed by atoms with Crippen molar-refractivity contribution in [2.24, 2.45) is 0 Å². The maximum atomic E-state index is 13.3. The van der Waals surface area contributed by atoms with Gasteiger partial charge >= 0.3 is 0 Å². The standard InChI is InChI=1S/C22H20FNO4S/c1-14(25)16-7-10-18(19(12-16)27-2)28-13-21(26)24-22(20-4-3-11-29-20)15-5-8-17(23)9-6-15/h3-12,22H,13H2,1-2H3,(H,24,26)/t22-/m0/s1. The summed E-state index contributed by atoms with van der Waals surface area (Å²) in [6.07, 6.45) is 0. The molecule has 1 amide bonds. The zero-order valence-corrected chi connectivity index (χ0v) is 16.8. The van der Waals surface area contributed by atoms with Gasteiger partial charge in [-0.05, 0) is 54.3 Å². The van der Waals surface area contributed by atoms with Crippen LogP contribution < -0.4 is 14.8 Å². The number of methoxy groups -OCH3 is 1. The third kappa shape index (κ3) is 5.20. The zero-order chi connectivity index (χ0) is 20.8. The van der Waals surface area contributed by atoms with E-state index in [2.05, 4.69) is 5.32 Å². The number of ketones is 1. The van der Waals surface area contributed by atoms with E-state index in [1.165, 1.54) is 37.5 Å². The number of benzene rings is 2. The molecule has 150 valence electrons. The van der Waals surface area contributed by atoms with E-state index in [4.69, 9.17) is 9.47 Å². The molecule has 1 aromatic heterocycles. The number of thiophene rings is 1. The topological polar surface area (TPSA) is 64.6 Å². The Kier molecular flexibility index (Phi) is 6.61. The summed E-state index contributed by atoms with van der Waals surface area (Å²) in [7, 11) is 1.47. The highest BCUT2D eigenvalue weighted by molar-refractivity contribution is 7.10. The average molecular weight is 413 g/mol. The molecule has 0 spiro atoms. The molecule has 1 atom stereocenters. The predicted octanol–water partition coefficient (Wildman–Crippen LogP) is 4.38. The minimum atomic E-state index is -0.409. The van der Waals surface area contributed by atoms with E-state index in [-0.39, 0.29) is 24.1 Å². The monoisotopic (exact) mass is 413 g/mol. The molecule has 0 saturated heterocycles. The molecule has 0 bridgehead atoms. The normalized spacial score (nSPS) is 11.6. The minimum Gasteiger partial charge on any atom is -0.493 e. The van der Waals surface area contributed by atoms with Crippen molar-refractivity contribution in [3.8, 4) is 11.5 Å². The Balaban J connectivity index is 1.71. The van der Waals surface area contributed by atoms with Gasteiger partial charge in [0, 0.05) is 10.4 Å². The van der Waals surface area contributed by atoms with Gasteiger partial charge in [-0.2, -0.15) is 0 Å². The molecule has 1 N–H and O–H groups in total. The third-order valence-corrected chi connectivity index (χ3v) is 5.20. The number of hydrogen-bond acceptors (Lipinski definition) is 5. The summed E-state index contributed by atoms with van der Waals surface area (Å²) in [5.41, 5.74) is 1.26. The number of carbonyl (C=O) groups excluding carboxylic acids is 2. The molecule has 3 aromatic rings. The molecule has 0 radical (unpaired) electrons. The fourth-order valence-electron chi connectivity index (χ4n) is 2.78. The van der Waals surface area contributed by atoms with Crippen LogP contribution in [-0.2, 0) is 4.79 Å². The maximum Gasteiger partial charge on any atom is 0.258 e. The van der Waals surface area contributed by atoms with Gasteiger partial charge in [-0.25, -0.2) is 4.39 Å². The lowest BCUT2D eigenvalue weighted by atomic mass is 10.1. The third-order valence-electron chi connectivity index (χ3n) is 4.27. The molecule has 2 aromatic carbocycles. The Morgan fingerprint density at radius 2 is 1.86 bits per heavy atom. The van der Waals surface area contributed by atoms with Crippen molar-refractivity contribution >= 4 is 23.0 Å². The van der Waals surface area contributed by atoms with Crippen LogP contribution in [0.3, 0.4) is 0 Å². The minimum absolute atomic E-state index is 0.0920. The van der Waals surface area contributed by atoms with Gasteiger partial charge in [0.05, 0.1) is 13.2 Å².